The van der Waals surface area contributed by atoms with Crippen molar-refractivity contribution in [3.63, 3.8) is 0 Å². The molecule has 0 aliphatic carbocycles. The van der Waals surface area contributed by atoms with E-state index < -0.39 is 30.1 Å². The maximum atomic E-state index is 13.5. The summed E-state index contributed by atoms with van der Waals surface area (Å²) in [5.41, 5.74) is 0.699. The van der Waals surface area contributed by atoms with Crippen molar-refractivity contribution in [1.82, 2.24) is 0 Å². The number of hydrogen-bond donors (Lipinski definition) is 2. The SMILES string of the molecule is C.C.O=S(=O)(Nc1cc2ccccc2s1)c1ccccc1.O=S(=O)(Nc1sc2ccccc2c1Br)c1ccccc1.O=S(=O)(c1ccccc1)N(Cc1ccc(F)cc1)c1sc2ccccc2c1Br.[2H-]. The molecule has 0 saturated heterocycles. The number of thiophene rings is 3. The van der Waals surface area contributed by atoms with E-state index in [1.165, 1.54) is 50.4 Å². The second kappa shape index (κ2) is 23.0. The first kappa shape index (κ1) is 52.9. The summed E-state index contributed by atoms with van der Waals surface area (Å²) in [5, 5.41) is 4.81. The Morgan fingerprint density at radius 1 is 0.493 bits per heavy atom. The molecular formula is C51H45Br2FN3O6S6-. The van der Waals surface area contributed by atoms with Gasteiger partial charge in [-0.2, -0.15) is 0 Å². The zero-order valence-corrected chi connectivity index (χ0v) is 42.7. The Balaban J connectivity index is 0.000000196. The zero-order valence-electron chi connectivity index (χ0n) is 35.7. The van der Waals surface area contributed by atoms with Crippen LogP contribution in [0.25, 0.3) is 30.3 Å². The third-order valence-corrected chi connectivity index (χ3v) is 20.2. The minimum absolute atomic E-state index is 0. The van der Waals surface area contributed by atoms with E-state index in [4.69, 9.17) is 0 Å². The van der Waals surface area contributed by atoms with Gasteiger partial charge in [-0.25, -0.2) is 29.6 Å². The van der Waals surface area contributed by atoms with Crippen molar-refractivity contribution in [1.29, 1.82) is 0 Å². The van der Waals surface area contributed by atoms with Gasteiger partial charge in [-0.15, -0.1) is 34.0 Å². The molecule has 3 aromatic heterocycles. The molecule has 18 heteroatoms. The lowest BCUT2D eigenvalue weighted by Gasteiger charge is -2.23. The van der Waals surface area contributed by atoms with Crippen LogP contribution in [0.15, 0.2) is 218 Å². The molecule has 9 nitrogen and oxygen atoms in total. The van der Waals surface area contributed by atoms with Gasteiger partial charge in [-0.05, 0) is 116 Å². The molecule has 0 aliphatic heterocycles. The largest absolute Gasteiger partial charge is 1.00 e. The number of benzene rings is 7. The summed E-state index contributed by atoms with van der Waals surface area (Å²) >= 11 is 11.3. The Labute approximate surface area is 432 Å². The fourth-order valence-corrected chi connectivity index (χ4v) is 16.0. The van der Waals surface area contributed by atoms with Gasteiger partial charge in [0, 0.05) is 24.9 Å². The molecule has 0 unspecified atom stereocenters. The zero-order chi connectivity index (χ0) is 47.2. The molecule has 0 amide bonds. The summed E-state index contributed by atoms with van der Waals surface area (Å²) < 4.78 is 100. The summed E-state index contributed by atoms with van der Waals surface area (Å²) in [6.07, 6.45) is 0. The molecule has 3 heterocycles. The van der Waals surface area contributed by atoms with Gasteiger partial charge in [0.2, 0.25) is 0 Å². The van der Waals surface area contributed by atoms with Crippen LogP contribution in [0.1, 0.15) is 21.8 Å². The number of anilines is 3. The number of fused-ring (bicyclic) bond motifs is 3. The second-order valence-corrected chi connectivity index (χ2v) is 24.4. The van der Waals surface area contributed by atoms with Gasteiger partial charge >= 0.3 is 0 Å². The van der Waals surface area contributed by atoms with Crippen LogP contribution < -0.4 is 13.7 Å². The average Bonchev–Trinajstić information content (AvgIpc) is 4.01. The fraction of sp³-hybridized carbons (Fsp3) is 0.0588. The number of hydrogen-bond acceptors (Lipinski definition) is 9. The smallest absolute Gasteiger partial charge is 0.265 e. The van der Waals surface area contributed by atoms with Gasteiger partial charge in [-0.1, -0.05) is 136 Å². The standard InChI is InChI=1S/C21H15BrFNO2S2.C14H10BrNO2S2.C14H11NO2S2.2CH4.H/c22-20-18-8-4-5-9-19(18)27-21(20)24(14-15-10-12-16(23)13-11-15)28(25,26)17-6-2-1-3-7-17;15-13-11-8-4-5-9-12(11)19-14(13)16-20(17,18)10-6-2-1-3-7-10;16-19(17,12-7-2-1-3-8-12)15-14-10-11-6-4-5-9-13(11)18-14;;;/h1-13H,14H2;1-9,16H;1-10,15H;2*1H4;/q;;;;;-1/i;;;;;1+1. The summed E-state index contributed by atoms with van der Waals surface area (Å²) in [5.74, 6) is -0.357. The molecule has 2 N–H and O–H groups in total. The lowest BCUT2D eigenvalue weighted by Crippen LogP contribution is -2.30. The number of rotatable bonds is 11. The lowest BCUT2D eigenvalue weighted by atomic mass is 10.2. The van der Waals surface area contributed by atoms with Crippen LogP contribution in [0.5, 0.6) is 0 Å². The fourth-order valence-electron chi connectivity index (χ4n) is 6.59. The van der Waals surface area contributed by atoms with E-state index in [-0.39, 0.29) is 43.3 Å². The Kier molecular flexibility index (Phi) is 17.6. The van der Waals surface area contributed by atoms with Crippen molar-refractivity contribution in [2.45, 2.75) is 36.1 Å². The third kappa shape index (κ3) is 12.5. The average molecular weight is 1170 g/mol. The van der Waals surface area contributed by atoms with E-state index in [9.17, 15) is 29.6 Å². The Hall–Kier alpha value is -5.44. The molecule has 358 valence electrons. The second-order valence-electron chi connectivity index (χ2n) is 14.4. The highest BCUT2D eigenvalue weighted by atomic mass is 79.9. The summed E-state index contributed by atoms with van der Waals surface area (Å²) in [6.45, 7) is 0.100. The molecule has 0 saturated carbocycles. The lowest BCUT2D eigenvalue weighted by molar-refractivity contribution is 0.590. The Morgan fingerprint density at radius 3 is 1.46 bits per heavy atom. The van der Waals surface area contributed by atoms with Crippen LogP contribution in [-0.2, 0) is 36.6 Å². The maximum absolute atomic E-state index is 13.5. The van der Waals surface area contributed by atoms with E-state index >= 15 is 0 Å². The normalized spacial score (nSPS) is 11.3. The molecule has 10 rings (SSSR count). The van der Waals surface area contributed by atoms with Gasteiger partial charge < -0.3 is 1.43 Å². The molecule has 0 spiro atoms. The maximum Gasteiger partial charge on any atom is 0.265 e. The van der Waals surface area contributed by atoms with E-state index in [2.05, 4.69) is 41.3 Å². The molecule has 0 atom stereocenters. The van der Waals surface area contributed by atoms with Crippen molar-refractivity contribution in [2.24, 2.45) is 0 Å². The number of sulfonamides is 3. The van der Waals surface area contributed by atoms with Crippen molar-refractivity contribution in [2.75, 3.05) is 13.7 Å². The Bertz CT molecular complexity index is 3630. The number of halogens is 3. The monoisotopic (exact) mass is 1170 g/mol. The summed E-state index contributed by atoms with van der Waals surface area (Å²) in [7, 11) is -10.9. The van der Waals surface area contributed by atoms with Crippen LogP contribution >= 0.6 is 65.9 Å². The van der Waals surface area contributed by atoms with Crippen molar-refractivity contribution in [3.8, 4) is 0 Å². The van der Waals surface area contributed by atoms with Crippen LogP contribution in [0.4, 0.5) is 19.4 Å². The Morgan fingerprint density at radius 2 is 0.942 bits per heavy atom. The first-order valence-electron chi connectivity index (χ1n) is 20.0. The number of nitrogens with zero attached hydrogens (tertiary/aromatic N) is 1. The first-order valence-corrected chi connectivity index (χ1v) is 28.4. The molecule has 0 aliphatic rings. The molecule has 0 radical (unpaired) electrons. The number of nitrogens with one attached hydrogen (secondary N) is 2. The molecule has 10 aromatic rings. The molecule has 7 aromatic carbocycles. The predicted octanol–water partition coefficient (Wildman–Crippen LogP) is 15.7. The first-order chi connectivity index (χ1) is 32.2. The van der Waals surface area contributed by atoms with Crippen LogP contribution in [0.3, 0.4) is 0 Å². The quantitative estimate of drug-likeness (QED) is 0.133. The molecule has 0 bridgehead atoms. The van der Waals surface area contributed by atoms with Crippen LogP contribution in [0.2, 0.25) is 0 Å². The summed E-state index contributed by atoms with van der Waals surface area (Å²) in [4.78, 5) is 0.735. The van der Waals surface area contributed by atoms with Gasteiger partial charge in [0.1, 0.15) is 20.8 Å². The molecular weight excluding hydrogens is 1120 g/mol. The van der Waals surface area contributed by atoms with Crippen molar-refractivity contribution in [3.05, 3.63) is 214 Å². The third-order valence-electron chi connectivity index (χ3n) is 9.84. The van der Waals surface area contributed by atoms with Crippen molar-refractivity contribution >= 4 is 141 Å². The highest BCUT2D eigenvalue weighted by molar-refractivity contribution is 9.11. The van der Waals surface area contributed by atoms with Crippen molar-refractivity contribution < 1.29 is 31.1 Å². The van der Waals surface area contributed by atoms with E-state index in [1.54, 1.807) is 103 Å². The van der Waals surface area contributed by atoms with Gasteiger partial charge in [0.25, 0.3) is 30.1 Å². The molecule has 69 heavy (non-hydrogen) atoms. The van der Waals surface area contributed by atoms with Gasteiger partial charge in [0.15, 0.2) is 0 Å². The predicted molar refractivity (Wildman–Crippen MR) is 296 cm³/mol. The highest BCUT2D eigenvalue weighted by Gasteiger charge is 2.29. The topological polar surface area (TPSA) is 130 Å². The minimum Gasteiger partial charge on any atom is -1.00 e. The highest BCUT2D eigenvalue weighted by Crippen LogP contribution is 2.45. The van der Waals surface area contributed by atoms with E-state index in [1.807, 2.05) is 78.9 Å². The van der Waals surface area contributed by atoms with Crippen LogP contribution in [0, 0.1) is 5.82 Å². The van der Waals surface area contributed by atoms with E-state index in [0.29, 0.717) is 20.6 Å². The minimum atomic E-state index is -3.81. The molecule has 0 fully saturated rings. The van der Waals surface area contributed by atoms with Gasteiger partial charge in [0.05, 0.1) is 30.2 Å². The van der Waals surface area contributed by atoms with E-state index in [0.717, 1.165) is 39.2 Å². The summed E-state index contributed by atoms with van der Waals surface area (Å²) in [6, 6.07) is 56.1. The van der Waals surface area contributed by atoms with Gasteiger partial charge in [-0.3, -0.25) is 13.7 Å². The van der Waals surface area contributed by atoms with Crippen LogP contribution in [-0.4, -0.2) is 25.3 Å².